The van der Waals surface area contributed by atoms with Crippen LogP contribution in [-0.2, 0) is 4.79 Å². The van der Waals surface area contributed by atoms with E-state index in [-0.39, 0.29) is 30.7 Å². The Hall–Kier alpha value is -0.0300. The standard InChI is InChI=1S/C12H25N3O.2ClH/c1-9(2)15(4)8-12(16)14-11-5-6-13-7-10(11)3;;/h9-11,13H,5-8H2,1-4H3,(H,14,16);2*1H. The maximum absolute atomic E-state index is 11.8. The summed E-state index contributed by atoms with van der Waals surface area (Å²) in [6, 6.07) is 0.755. The van der Waals surface area contributed by atoms with Gasteiger partial charge in [-0.25, -0.2) is 0 Å². The molecule has 1 aliphatic rings. The molecule has 0 aliphatic carbocycles. The van der Waals surface area contributed by atoms with Crippen LogP contribution in [0.5, 0.6) is 0 Å². The smallest absolute Gasteiger partial charge is 0.234 e. The van der Waals surface area contributed by atoms with Gasteiger partial charge in [-0.2, -0.15) is 0 Å². The number of hydrogen-bond donors (Lipinski definition) is 2. The largest absolute Gasteiger partial charge is 0.352 e. The van der Waals surface area contributed by atoms with E-state index in [1.54, 1.807) is 0 Å². The van der Waals surface area contributed by atoms with Crippen molar-refractivity contribution in [3.8, 4) is 0 Å². The lowest BCUT2D eigenvalue weighted by Crippen LogP contribution is -2.50. The van der Waals surface area contributed by atoms with Crippen LogP contribution in [0.3, 0.4) is 0 Å². The molecule has 1 aliphatic heterocycles. The molecule has 1 rings (SSSR count). The summed E-state index contributed by atoms with van der Waals surface area (Å²) in [5, 5.41) is 6.47. The highest BCUT2D eigenvalue weighted by molar-refractivity contribution is 5.85. The topological polar surface area (TPSA) is 44.4 Å². The van der Waals surface area contributed by atoms with Gasteiger partial charge in [0.05, 0.1) is 6.54 Å². The number of hydrogen-bond acceptors (Lipinski definition) is 3. The fourth-order valence-corrected chi connectivity index (χ4v) is 1.89. The van der Waals surface area contributed by atoms with E-state index >= 15 is 0 Å². The summed E-state index contributed by atoms with van der Waals surface area (Å²) in [5.41, 5.74) is 0. The molecule has 4 nitrogen and oxygen atoms in total. The summed E-state index contributed by atoms with van der Waals surface area (Å²) in [5.74, 6) is 0.678. The summed E-state index contributed by atoms with van der Waals surface area (Å²) in [7, 11) is 1.98. The number of rotatable bonds is 4. The van der Waals surface area contributed by atoms with Gasteiger partial charge in [0.1, 0.15) is 0 Å². The molecule has 2 atom stereocenters. The molecular formula is C12H27Cl2N3O. The molecule has 1 saturated heterocycles. The van der Waals surface area contributed by atoms with E-state index in [9.17, 15) is 4.79 Å². The van der Waals surface area contributed by atoms with Crippen LogP contribution in [-0.4, -0.2) is 49.6 Å². The number of amides is 1. The van der Waals surface area contributed by atoms with E-state index in [1.807, 2.05) is 7.05 Å². The summed E-state index contributed by atoms with van der Waals surface area (Å²) in [6.45, 7) is 8.89. The highest BCUT2D eigenvalue weighted by atomic mass is 35.5. The summed E-state index contributed by atoms with van der Waals surface area (Å²) in [4.78, 5) is 13.9. The number of nitrogens with zero attached hydrogens (tertiary/aromatic N) is 1. The highest BCUT2D eigenvalue weighted by Crippen LogP contribution is 2.10. The lowest BCUT2D eigenvalue weighted by Gasteiger charge is -2.31. The molecule has 0 bridgehead atoms. The van der Waals surface area contributed by atoms with Crippen LogP contribution in [0.2, 0.25) is 0 Å². The zero-order chi connectivity index (χ0) is 12.1. The number of likely N-dealkylation sites (N-methyl/N-ethyl adjacent to an activating group) is 1. The van der Waals surface area contributed by atoms with Crippen molar-refractivity contribution in [1.29, 1.82) is 0 Å². The first-order valence-corrected chi connectivity index (χ1v) is 6.21. The van der Waals surface area contributed by atoms with Crippen molar-refractivity contribution in [2.75, 3.05) is 26.7 Å². The van der Waals surface area contributed by atoms with E-state index in [0.29, 0.717) is 24.5 Å². The molecule has 0 spiro atoms. The zero-order valence-electron chi connectivity index (χ0n) is 11.7. The average Bonchev–Trinajstić information content (AvgIpc) is 2.21. The quantitative estimate of drug-likeness (QED) is 0.822. The first kappa shape index (κ1) is 20.3. The van der Waals surface area contributed by atoms with E-state index in [0.717, 1.165) is 19.5 Å². The maximum Gasteiger partial charge on any atom is 0.234 e. The van der Waals surface area contributed by atoms with Gasteiger partial charge in [0, 0.05) is 12.1 Å². The normalized spacial score (nSPS) is 23.2. The number of carbonyl (C=O) groups excluding carboxylic acids is 1. The summed E-state index contributed by atoms with van der Waals surface area (Å²) in [6.07, 6.45) is 1.04. The Balaban J connectivity index is 0. The minimum atomic E-state index is 0. The van der Waals surface area contributed by atoms with E-state index in [2.05, 4.69) is 36.3 Å². The van der Waals surface area contributed by atoms with Gasteiger partial charge >= 0.3 is 0 Å². The van der Waals surface area contributed by atoms with Crippen LogP contribution < -0.4 is 10.6 Å². The third-order valence-electron chi connectivity index (χ3n) is 3.41. The van der Waals surface area contributed by atoms with Gasteiger partial charge < -0.3 is 10.6 Å². The molecule has 0 aromatic heterocycles. The second kappa shape index (κ2) is 9.84. The molecule has 2 N–H and O–H groups in total. The van der Waals surface area contributed by atoms with Crippen molar-refractivity contribution < 1.29 is 4.79 Å². The van der Waals surface area contributed by atoms with Crippen molar-refractivity contribution in [2.45, 2.75) is 39.3 Å². The second-order valence-corrected chi connectivity index (χ2v) is 5.15. The Morgan fingerprint density at radius 2 is 2.06 bits per heavy atom. The van der Waals surface area contributed by atoms with Gasteiger partial charge in [0.15, 0.2) is 0 Å². The van der Waals surface area contributed by atoms with Gasteiger partial charge in [-0.3, -0.25) is 9.69 Å². The van der Waals surface area contributed by atoms with Gasteiger partial charge in [0.2, 0.25) is 5.91 Å². The van der Waals surface area contributed by atoms with Gasteiger partial charge in [-0.05, 0) is 46.3 Å². The maximum atomic E-state index is 11.8. The number of nitrogens with one attached hydrogen (secondary N) is 2. The van der Waals surface area contributed by atoms with Crippen LogP contribution in [0.15, 0.2) is 0 Å². The number of halogens is 2. The molecule has 110 valence electrons. The third-order valence-corrected chi connectivity index (χ3v) is 3.41. The Bertz CT molecular complexity index is 239. The van der Waals surface area contributed by atoms with Gasteiger partial charge in [0.25, 0.3) is 0 Å². The van der Waals surface area contributed by atoms with Crippen LogP contribution in [0.1, 0.15) is 27.2 Å². The molecule has 18 heavy (non-hydrogen) atoms. The first-order valence-electron chi connectivity index (χ1n) is 6.21. The monoisotopic (exact) mass is 299 g/mol. The first-order chi connectivity index (χ1) is 7.50. The molecule has 2 unspecified atom stereocenters. The second-order valence-electron chi connectivity index (χ2n) is 5.15. The molecule has 0 radical (unpaired) electrons. The van der Waals surface area contributed by atoms with E-state index in [1.165, 1.54) is 0 Å². The Morgan fingerprint density at radius 1 is 1.44 bits per heavy atom. The molecule has 6 heteroatoms. The molecule has 0 aromatic rings. The van der Waals surface area contributed by atoms with Crippen LogP contribution in [0.4, 0.5) is 0 Å². The third kappa shape index (κ3) is 6.78. The van der Waals surface area contributed by atoms with Crippen molar-refractivity contribution in [1.82, 2.24) is 15.5 Å². The van der Waals surface area contributed by atoms with Crippen molar-refractivity contribution in [2.24, 2.45) is 5.92 Å². The SMILES string of the molecule is CC1CNCCC1NC(=O)CN(C)C(C)C.Cl.Cl. The minimum absolute atomic E-state index is 0. The molecule has 1 heterocycles. The predicted molar refractivity (Wildman–Crippen MR) is 80.8 cm³/mol. The Labute approximate surface area is 123 Å². The predicted octanol–water partition coefficient (Wildman–Crippen LogP) is 1.28. The molecule has 0 saturated carbocycles. The lowest BCUT2D eigenvalue weighted by atomic mass is 9.95. The summed E-state index contributed by atoms with van der Waals surface area (Å²) < 4.78 is 0. The van der Waals surface area contributed by atoms with E-state index in [4.69, 9.17) is 0 Å². The number of piperidine rings is 1. The van der Waals surface area contributed by atoms with Gasteiger partial charge in [-0.15, -0.1) is 24.8 Å². The van der Waals surface area contributed by atoms with Crippen molar-refractivity contribution in [3.63, 3.8) is 0 Å². The van der Waals surface area contributed by atoms with Crippen LogP contribution >= 0.6 is 24.8 Å². The number of carbonyl (C=O) groups is 1. The minimum Gasteiger partial charge on any atom is -0.352 e. The van der Waals surface area contributed by atoms with Crippen LogP contribution in [0.25, 0.3) is 0 Å². The molecule has 1 fully saturated rings. The molecular weight excluding hydrogens is 273 g/mol. The molecule has 1 amide bonds. The fraction of sp³-hybridized carbons (Fsp3) is 0.917. The molecule has 0 aromatic carbocycles. The van der Waals surface area contributed by atoms with E-state index < -0.39 is 0 Å². The average molecular weight is 300 g/mol. The van der Waals surface area contributed by atoms with Crippen LogP contribution in [0, 0.1) is 5.92 Å². The lowest BCUT2D eigenvalue weighted by molar-refractivity contribution is -0.123. The Kier molecular flexibility index (Phi) is 11.1. The Morgan fingerprint density at radius 3 is 2.56 bits per heavy atom. The van der Waals surface area contributed by atoms with Gasteiger partial charge in [-0.1, -0.05) is 6.92 Å². The fourth-order valence-electron chi connectivity index (χ4n) is 1.89. The van der Waals surface area contributed by atoms with Crippen molar-refractivity contribution >= 4 is 30.7 Å². The van der Waals surface area contributed by atoms with Crippen molar-refractivity contribution in [3.05, 3.63) is 0 Å². The summed E-state index contributed by atoms with van der Waals surface area (Å²) >= 11 is 0. The zero-order valence-corrected chi connectivity index (χ0v) is 13.4. The highest BCUT2D eigenvalue weighted by Gasteiger charge is 2.22.